The molecule has 0 unspecified atom stereocenters. The number of hydrogen-bond donors (Lipinski definition) is 1. The molecule has 1 N–H and O–H groups in total. The van der Waals surface area contributed by atoms with Crippen molar-refractivity contribution in [1.82, 2.24) is 0 Å². The van der Waals surface area contributed by atoms with Crippen molar-refractivity contribution >= 4 is 21.9 Å². The van der Waals surface area contributed by atoms with E-state index in [0.717, 1.165) is 5.56 Å². The van der Waals surface area contributed by atoms with Crippen molar-refractivity contribution in [2.45, 2.75) is 25.4 Å². The van der Waals surface area contributed by atoms with E-state index in [1.165, 1.54) is 12.1 Å². The maximum Gasteiger partial charge on any atom is 0.389 e. The number of rotatable bonds is 5. The molecule has 1 rings (SSSR count). The molecule has 1 aromatic rings. The number of hydrogen-bond acceptors (Lipinski definition) is 1. The minimum atomic E-state index is -4.23. The molecule has 18 heavy (non-hydrogen) atoms. The largest absolute Gasteiger partial charge is 0.478 e. The summed E-state index contributed by atoms with van der Waals surface area (Å²) < 4.78 is 36.6. The molecule has 0 bridgehead atoms. The first kappa shape index (κ1) is 15.0. The van der Waals surface area contributed by atoms with Crippen LogP contribution in [0.5, 0.6) is 0 Å². The van der Waals surface area contributed by atoms with Gasteiger partial charge in [-0.15, -0.1) is 0 Å². The molecule has 0 fully saturated rings. The number of alkyl halides is 4. The van der Waals surface area contributed by atoms with Gasteiger partial charge in [-0.25, -0.2) is 4.79 Å². The standard InChI is InChI=1S/C12H12BrF3O2/c13-6-4-8-1-2-10(11(17)18)7-9(8)3-5-12(14,15)16/h1-2,7H,3-6H2,(H,17,18). The van der Waals surface area contributed by atoms with Crippen LogP contribution in [0.25, 0.3) is 0 Å². The lowest BCUT2D eigenvalue weighted by Crippen LogP contribution is -2.10. The third-order valence-corrected chi connectivity index (χ3v) is 2.89. The summed E-state index contributed by atoms with van der Waals surface area (Å²) >= 11 is 3.22. The Labute approximate surface area is 111 Å². The van der Waals surface area contributed by atoms with Crippen molar-refractivity contribution in [3.63, 3.8) is 0 Å². The average molecular weight is 325 g/mol. The lowest BCUT2D eigenvalue weighted by atomic mass is 9.98. The number of aromatic carboxylic acids is 1. The number of carboxylic acids is 1. The molecule has 1 aromatic carbocycles. The fourth-order valence-electron chi connectivity index (χ4n) is 1.61. The molecule has 0 spiro atoms. The van der Waals surface area contributed by atoms with Gasteiger partial charge >= 0.3 is 12.1 Å². The molecule has 0 aliphatic rings. The van der Waals surface area contributed by atoms with Gasteiger partial charge in [0.05, 0.1) is 5.56 Å². The second kappa shape index (κ2) is 6.22. The summed E-state index contributed by atoms with van der Waals surface area (Å²) in [5, 5.41) is 9.45. The van der Waals surface area contributed by atoms with Crippen LogP contribution in [0.1, 0.15) is 27.9 Å². The van der Waals surface area contributed by atoms with E-state index in [-0.39, 0.29) is 12.0 Å². The minimum absolute atomic E-state index is 0.0190. The van der Waals surface area contributed by atoms with E-state index in [1.807, 2.05) is 0 Å². The molecule has 0 aliphatic heterocycles. The van der Waals surface area contributed by atoms with Crippen molar-refractivity contribution in [3.8, 4) is 0 Å². The van der Waals surface area contributed by atoms with Crippen LogP contribution >= 0.6 is 15.9 Å². The second-order valence-electron chi connectivity index (χ2n) is 3.84. The first-order valence-corrected chi connectivity index (χ1v) is 6.43. The Balaban J connectivity index is 2.96. The van der Waals surface area contributed by atoms with Crippen LogP contribution in [0.2, 0.25) is 0 Å². The molecule has 100 valence electrons. The van der Waals surface area contributed by atoms with Crippen LogP contribution < -0.4 is 0 Å². The number of aryl methyl sites for hydroxylation is 2. The highest BCUT2D eigenvalue weighted by atomic mass is 79.9. The summed E-state index contributed by atoms with van der Waals surface area (Å²) in [6.07, 6.45) is -4.78. The molecule has 0 amide bonds. The SMILES string of the molecule is O=C(O)c1ccc(CCBr)c(CCC(F)(F)F)c1. The molecular formula is C12H12BrF3O2. The van der Waals surface area contributed by atoms with Crippen LogP contribution in [0, 0.1) is 0 Å². The summed E-state index contributed by atoms with van der Waals surface area (Å²) in [6, 6.07) is 4.32. The number of benzene rings is 1. The summed E-state index contributed by atoms with van der Waals surface area (Å²) in [5.74, 6) is -1.13. The van der Waals surface area contributed by atoms with Gasteiger partial charge < -0.3 is 5.11 Å². The summed E-state index contributed by atoms with van der Waals surface area (Å²) in [4.78, 5) is 10.8. The molecule has 0 aliphatic carbocycles. The molecule has 0 aromatic heterocycles. The molecule has 0 saturated heterocycles. The number of carbonyl (C=O) groups is 1. The lowest BCUT2D eigenvalue weighted by Gasteiger charge is -2.11. The monoisotopic (exact) mass is 324 g/mol. The van der Waals surface area contributed by atoms with Gasteiger partial charge in [0.25, 0.3) is 0 Å². The van der Waals surface area contributed by atoms with Crippen molar-refractivity contribution in [1.29, 1.82) is 0 Å². The van der Waals surface area contributed by atoms with Crippen LogP contribution in [0.3, 0.4) is 0 Å². The Hall–Kier alpha value is -1.04. The van der Waals surface area contributed by atoms with Crippen LogP contribution in [-0.4, -0.2) is 22.6 Å². The van der Waals surface area contributed by atoms with E-state index < -0.39 is 18.6 Å². The normalized spacial score (nSPS) is 11.6. The number of halogens is 4. The zero-order chi connectivity index (χ0) is 13.8. The fraction of sp³-hybridized carbons (Fsp3) is 0.417. The van der Waals surface area contributed by atoms with Crippen LogP contribution in [-0.2, 0) is 12.8 Å². The van der Waals surface area contributed by atoms with E-state index in [0.29, 0.717) is 17.3 Å². The Kier molecular flexibility index (Phi) is 5.19. The van der Waals surface area contributed by atoms with Crippen LogP contribution in [0.15, 0.2) is 18.2 Å². The Morgan fingerprint density at radius 1 is 1.22 bits per heavy atom. The van der Waals surface area contributed by atoms with Gasteiger partial charge in [-0.05, 0) is 36.1 Å². The molecule has 6 heteroatoms. The molecule has 0 heterocycles. The summed E-state index contributed by atoms with van der Waals surface area (Å²) in [6.45, 7) is 0. The molecule has 0 radical (unpaired) electrons. The van der Waals surface area contributed by atoms with Crippen molar-refractivity contribution in [2.24, 2.45) is 0 Å². The molecule has 2 nitrogen and oxygen atoms in total. The topological polar surface area (TPSA) is 37.3 Å². The van der Waals surface area contributed by atoms with Gasteiger partial charge in [-0.2, -0.15) is 13.2 Å². The van der Waals surface area contributed by atoms with E-state index >= 15 is 0 Å². The first-order valence-electron chi connectivity index (χ1n) is 5.31. The van der Waals surface area contributed by atoms with E-state index in [1.54, 1.807) is 6.07 Å². The van der Waals surface area contributed by atoms with E-state index in [2.05, 4.69) is 15.9 Å². The average Bonchev–Trinajstić information content (AvgIpc) is 2.26. The Morgan fingerprint density at radius 3 is 2.39 bits per heavy atom. The molecular weight excluding hydrogens is 313 g/mol. The Bertz CT molecular complexity index is 430. The maximum atomic E-state index is 12.2. The van der Waals surface area contributed by atoms with Crippen molar-refractivity contribution in [3.05, 3.63) is 34.9 Å². The predicted octanol–water partition coefficient (Wildman–Crippen LogP) is 3.82. The highest BCUT2D eigenvalue weighted by molar-refractivity contribution is 9.09. The zero-order valence-electron chi connectivity index (χ0n) is 9.43. The summed E-state index contributed by atoms with van der Waals surface area (Å²) in [5.41, 5.74) is 1.22. The minimum Gasteiger partial charge on any atom is -0.478 e. The smallest absolute Gasteiger partial charge is 0.389 e. The third-order valence-electron chi connectivity index (χ3n) is 2.49. The summed E-state index contributed by atoms with van der Waals surface area (Å²) in [7, 11) is 0. The van der Waals surface area contributed by atoms with E-state index in [9.17, 15) is 18.0 Å². The molecule has 0 saturated carbocycles. The molecule has 0 atom stereocenters. The van der Waals surface area contributed by atoms with Gasteiger partial charge in [0.2, 0.25) is 0 Å². The lowest BCUT2D eigenvalue weighted by molar-refractivity contribution is -0.134. The highest BCUT2D eigenvalue weighted by Crippen LogP contribution is 2.24. The fourth-order valence-corrected chi connectivity index (χ4v) is 2.04. The maximum absolute atomic E-state index is 12.2. The van der Waals surface area contributed by atoms with Crippen molar-refractivity contribution in [2.75, 3.05) is 5.33 Å². The number of carboxylic acid groups (broad SMARTS) is 1. The Morgan fingerprint density at radius 2 is 1.89 bits per heavy atom. The van der Waals surface area contributed by atoms with Gasteiger partial charge in [-0.1, -0.05) is 22.0 Å². The second-order valence-corrected chi connectivity index (χ2v) is 4.64. The highest BCUT2D eigenvalue weighted by Gasteiger charge is 2.27. The van der Waals surface area contributed by atoms with E-state index in [4.69, 9.17) is 5.11 Å². The van der Waals surface area contributed by atoms with Gasteiger partial charge in [0.1, 0.15) is 0 Å². The van der Waals surface area contributed by atoms with Crippen LogP contribution in [0.4, 0.5) is 13.2 Å². The van der Waals surface area contributed by atoms with Crippen molar-refractivity contribution < 1.29 is 23.1 Å². The van der Waals surface area contributed by atoms with Gasteiger partial charge in [0.15, 0.2) is 0 Å². The quantitative estimate of drug-likeness (QED) is 0.836. The predicted molar refractivity (Wildman–Crippen MR) is 65.3 cm³/mol. The first-order chi connectivity index (χ1) is 8.33. The van der Waals surface area contributed by atoms with Gasteiger partial charge in [-0.3, -0.25) is 0 Å². The van der Waals surface area contributed by atoms with Gasteiger partial charge in [0, 0.05) is 11.8 Å². The third kappa shape index (κ3) is 4.68. The zero-order valence-corrected chi connectivity index (χ0v) is 11.0.